The third kappa shape index (κ3) is 4.48. The van der Waals surface area contributed by atoms with Crippen LogP contribution in [0.1, 0.15) is 32.3 Å². The predicted octanol–water partition coefficient (Wildman–Crippen LogP) is 7.62. The first-order valence-corrected chi connectivity index (χ1v) is 17.2. The Bertz CT molecular complexity index is 1480. The van der Waals surface area contributed by atoms with Crippen molar-refractivity contribution in [3.8, 4) is 11.1 Å². The van der Waals surface area contributed by atoms with Crippen molar-refractivity contribution >= 4 is 14.6 Å². The topological polar surface area (TPSA) is 6.48 Å². The number of nitrogens with zero attached hydrogens (tertiary/aromatic N) is 2. The van der Waals surface area contributed by atoms with Crippen LogP contribution < -0.4 is 9.80 Å². The molecule has 0 saturated heterocycles. The van der Waals surface area contributed by atoms with Crippen LogP contribution in [0.25, 0.3) is 11.1 Å². The predicted molar refractivity (Wildman–Crippen MR) is 160 cm³/mol. The molecular weight excluding hydrogens is 540 g/mol. The second-order valence-electron chi connectivity index (χ2n) is 10.6. The van der Waals surface area contributed by atoms with Crippen LogP contribution in [0.4, 0.5) is 11.4 Å². The van der Waals surface area contributed by atoms with E-state index < -0.39 is 21.3 Å². The van der Waals surface area contributed by atoms with Gasteiger partial charge in [0.1, 0.15) is 0 Å². The van der Waals surface area contributed by atoms with Crippen LogP contribution >= 0.6 is 0 Å². The van der Waals surface area contributed by atoms with Gasteiger partial charge in [-0.15, -0.1) is 0 Å². The summed E-state index contributed by atoms with van der Waals surface area (Å²) in [5, 5.41) is 0. The SMILES string of the molecule is CN(C)c1ccc2c(c1)[CH]([Zr]([C]1=CC=CC1)=[C](c1ccccc1)c1ccccc1)c1cc(N(C)C)ccc1-2. The Morgan fingerprint density at radius 1 is 0.658 bits per heavy atom. The van der Waals surface area contributed by atoms with Gasteiger partial charge >= 0.3 is 236 Å². The van der Waals surface area contributed by atoms with Gasteiger partial charge < -0.3 is 0 Å². The first kappa shape index (κ1) is 25.0. The number of anilines is 2. The molecule has 38 heavy (non-hydrogen) atoms. The molecule has 2 aliphatic carbocycles. The summed E-state index contributed by atoms with van der Waals surface area (Å²) in [6.07, 6.45) is 8.16. The van der Waals surface area contributed by atoms with Crippen LogP contribution in [0.15, 0.2) is 119 Å². The van der Waals surface area contributed by atoms with Gasteiger partial charge in [0.05, 0.1) is 0 Å². The molecule has 6 rings (SSSR count). The second kappa shape index (κ2) is 10.5. The van der Waals surface area contributed by atoms with Crippen LogP contribution in [-0.4, -0.2) is 31.4 Å². The summed E-state index contributed by atoms with van der Waals surface area (Å²) in [6.45, 7) is 0. The fraction of sp³-hybridized carbons (Fsp3) is 0.171. The molecule has 4 aromatic rings. The molecule has 0 unspecified atom stereocenters. The third-order valence-electron chi connectivity index (χ3n) is 7.82. The number of rotatable bonds is 6. The van der Waals surface area contributed by atoms with Crippen molar-refractivity contribution in [2.75, 3.05) is 38.0 Å². The van der Waals surface area contributed by atoms with Gasteiger partial charge in [0.25, 0.3) is 0 Å². The van der Waals surface area contributed by atoms with E-state index in [0.29, 0.717) is 3.63 Å². The summed E-state index contributed by atoms with van der Waals surface area (Å²) < 4.78 is 3.67. The van der Waals surface area contributed by atoms with E-state index in [9.17, 15) is 0 Å². The number of hydrogen-bond donors (Lipinski definition) is 0. The Hall–Kier alpha value is -3.29. The van der Waals surface area contributed by atoms with Crippen LogP contribution in [0.5, 0.6) is 0 Å². The average molecular weight is 574 g/mol. The van der Waals surface area contributed by atoms with E-state index in [2.05, 4.69) is 153 Å². The van der Waals surface area contributed by atoms with Crippen molar-refractivity contribution in [3.63, 3.8) is 0 Å². The van der Waals surface area contributed by atoms with E-state index in [4.69, 9.17) is 0 Å². The molecule has 188 valence electrons. The zero-order chi connectivity index (χ0) is 26.2. The fourth-order valence-corrected chi connectivity index (χ4v) is 14.9. The second-order valence-corrected chi connectivity index (χ2v) is 16.9. The normalized spacial score (nSPS) is 13.6. The maximum absolute atomic E-state index is 2.64. The van der Waals surface area contributed by atoms with Crippen molar-refractivity contribution in [1.29, 1.82) is 0 Å². The van der Waals surface area contributed by atoms with E-state index in [-0.39, 0.29) is 0 Å². The van der Waals surface area contributed by atoms with Gasteiger partial charge in [-0.25, -0.2) is 0 Å². The van der Waals surface area contributed by atoms with Crippen LogP contribution in [0.3, 0.4) is 0 Å². The molecule has 0 atom stereocenters. The third-order valence-corrected chi connectivity index (χ3v) is 16.1. The summed E-state index contributed by atoms with van der Waals surface area (Å²) in [6, 6.07) is 36.6. The van der Waals surface area contributed by atoms with Crippen molar-refractivity contribution < 1.29 is 21.3 Å². The first-order chi connectivity index (χ1) is 18.5. The Labute approximate surface area is 234 Å². The monoisotopic (exact) mass is 572 g/mol. The molecule has 0 radical (unpaired) electrons. The summed E-state index contributed by atoms with van der Waals surface area (Å²) in [4.78, 5) is 4.48. The van der Waals surface area contributed by atoms with Gasteiger partial charge in [-0.3, -0.25) is 0 Å². The number of hydrogen-bond acceptors (Lipinski definition) is 2. The summed E-state index contributed by atoms with van der Waals surface area (Å²) in [7, 11) is 8.60. The average Bonchev–Trinajstić information content (AvgIpc) is 3.58. The first-order valence-electron chi connectivity index (χ1n) is 13.4. The summed E-state index contributed by atoms with van der Waals surface area (Å²) in [5.74, 6) is 0. The molecular formula is C35H34N2Zr. The molecule has 0 bridgehead atoms. The fourth-order valence-electron chi connectivity index (χ4n) is 5.93. The zero-order valence-corrected chi connectivity index (χ0v) is 25.1. The molecule has 0 fully saturated rings. The van der Waals surface area contributed by atoms with Crippen molar-refractivity contribution in [3.05, 3.63) is 141 Å². The maximum atomic E-state index is 2.48. The Morgan fingerprint density at radius 3 is 1.58 bits per heavy atom. The van der Waals surface area contributed by atoms with Gasteiger partial charge in [0, 0.05) is 0 Å². The van der Waals surface area contributed by atoms with E-state index in [1.54, 1.807) is 6.49 Å². The van der Waals surface area contributed by atoms with Gasteiger partial charge in [-0.05, 0) is 0 Å². The van der Waals surface area contributed by atoms with E-state index >= 15 is 0 Å². The summed E-state index contributed by atoms with van der Waals surface area (Å²) in [5.41, 5.74) is 11.1. The van der Waals surface area contributed by atoms with Crippen LogP contribution in [0.2, 0.25) is 0 Å². The quantitative estimate of drug-likeness (QED) is 0.234. The zero-order valence-electron chi connectivity index (χ0n) is 22.6. The molecule has 3 heteroatoms. The van der Waals surface area contributed by atoms with Gasteiger partial charge in [0.15, 0.2) is 0 Å². The Morgan fingerprint density at radius 2 is 1.16 bits per heavy atom. The van der Waals surface area contributed by atoms with Crippen molar-refractivity contribution in [2.24, 2.45) is 0 Å². The minimum atomic E-state index is -2.64. The van der Waals surface area contributed by atoms with Crippen molar-refractivity contribution in [2.45, 2.75) is 10.0 Å². The molecule has 0 aromatic heterocycles. The minimum absolute atomic E-state index is 0.406. The molecule has 0 N–H and O–H groups in total. The van der Waals surface area contributed by atoms with Crippen LogP contribution in [-0.2, 0) is 21.3 Å². The molecule has 0 saturated carbocycles. The number of allylic oxidation sites excluding steroid dienone is 4. The van der Waals surface area contributed by atoms with E-state index in [1.807, 2.05) is 0 Å². The van der Waals surface area contributed by atoms with Gasteiger partial charge in [-0.1, -0.05) is 0 Å². The number of fused-ring (bicyclic) bond motifs is 3. The number of benzene rings is 4. The van der Waals surface area contributed by atoms with E-state index in [0.717, 1.165) is 6.42 Å². The van der Waals surface area contributed by atoms with Crippen molar-refractivity contribution in [1.82, 2.24) is 0 Å². The van der Waals surface area contributed by atoms with Gasteiger partial charge in [0.2, 0.25) is 0 Å². The Kier molecular flexibility index (Phi) is 6.89. The van der Waals surface area contributed by atoms with E-state index in [1.165, 1.54) is 44.8 Å². The van der Waals surface area contributed by atoms with Crippen LogP contribution in [0, 0.1) is 0 Å². The molecule has 0 heterocycles. The molecule has 4 aromatic carbocycles. The molecule has 0 amide bonds. The molecule has 2 aliphatic rings. The molecule has 0 aliphatic heterocycles. The Balaban J connectivity index is 1.73. The van der Waals surface area contributed by atoms with Gasteiger partial charge in [-0.2, -0.15) is 0 Å². The molecule has 0 spiro atoms. The molecule has 2 nitrogen and oxygen atoms in total. The standard InChI is InChI=1S/C17H19N2.C13H10.C5H5.Zr/c1-18(2)14-5-7-16-12(10-14)9-13-11-15(19(3)4)6-8-17(13)16;1-3-7-12(8-4-1)11-13-9-5-2-6-10-13;1-2-4-5-3-1;/h5-11H,1-4H3;1-10H;1-3H,4H2;. The summed E-state index contributed by atoms with van der Waals surface area (Å²) >= 11 is -2.64.